The number of rotatable bonds is 6. The van der Waals surface area contributed by atoms with Gasteiger partial charge >= 0.3 is 4.87 Å². The van der Waals surface area contributed by atoms with Crippen molar-refractivity contribution in [3.05, 3.63) is 68.1 Å². The van der Waals surface area contributed by atoms with Gasteiger partial charge in [-0.1, -0.05) is 29.5 Å². The first-order chi connectivity index (χ1) is 17.5. The summed E-state index contributed by atoms with van der Waals surface area (Å²) in [6, 6.07) is 13.9. The van der Waals surface area contributed by atoms with Gasteiger partial charge in [0.2, 0.25) is 5.91 Å². The summed E-state index contributed by atoms with van der Waals surface area (Å²) in [5.41, 5.74) is 2.99. The number of amides is 1. The van der Waals surface area contributed by atoms with Crippen molar-refractivity contribution in [3.63, 3.8) is 0 Å². The fraction of sp³-hybridized carbons (Fsp3) is 0.429. The van der Waals surface area contributed by atoms with E-state index in [9.17, 15) is 9.59 Å². The number of hydrogen-bond acceptors (Lipinski definition) is 6. The minimum atomic E-state index is -0.179. The Morgan fingerprint density at radius 2 is 1.89 bits per heavy atom. The number of methoxy groups -OCH3 is 2. The van der Waals surface area contributed by atoms with Crippen LogP contribution in [0.25, 0.3) is 0 Å². The number of aryl methyl sites for hydroxylation is 1. The summed E-state index contributed by atoms with van der Waals surface area (Å²) in [7, 11) is 3.30. The van der Waals surface area contributed by atoms with Gasteiger partial charge in [-0.05, 0) is 79.3 Å². The van der Waals surface area contributed by atoms with E-state index in [1.165, 1.54) is 30.6 Å². The Bertz CT molecular complexity index is 1380. The Kier molecular flexibility index (Phi) is 6.12. The first-order valence-corrected chi connectivity index (χ1v) is 14.1. The number of anilines is 1. The molecule has 0 radical (unpaired) electrons. The van der Waals surface area contributed by atoms with Gasteiger partial charge in [0.1, 0.15) is 6.54 Å². The zero-order valence-corrected chi connectivity index (χ0v) is 22.3. The molecule has 3 aromatic rings. The maximum atomic E-state index is 13.3. The molecule has 36 heavy (non-hydrogen) atoms. The van der Waals surface area contributed by atoms with Crippen LogP contribution in [-0.4, -0.2) is 29.9 Å². The average Bonchev–Trinajstić information content (AvgIpc) is 3.56. The van der Waals surface area contributed by atoms with Crippen molar-refractivity contribution < 1.29 is 14.3 Å². The highest BCUT2D eigenvalue weighted by atomic mass is 32.2. The maximum absolute atomic E-state index is 13.3. The number of benzene rings is 2. The van der Waals surface area contributed by atoms with Crippen molar-refractivity contribution in [1.29, 1.82) is 0 Å². The molecule has 188 valence electrons. The van der Waals surface area contributed by atoms with Crippen LogP contribution in [0.1, 0.15) is 41.2 Å². The number of nitrogens with zero attached hydrogens (tertiary/aromatic N) is 1. The number of ether oxygens (including phenoxy) is 2. The molecule has 0 saturated heterocycles. The minimum Gasteiger partial charge on any atom is -0.493 e. The molecule has 2 aromatic carbocycles. The highest BCUT2D eigenvalue weighted by molar-refractivity contribution is 8.00. The maximum Gasteiger partial charge on any atom is 0.308 e. The van der Waals surface area contributed by atoms with E-state index >= 15 is 0 Å². The van der Waals surface area contributed by atoms with Gasteiger partial charge in [0.15, 0.2) is 11.5 Å². The molecular weight excluding hydrogens is 492 g/mol. The van der Waals surface area contributed by atoms with Crippen LogP contribution in [0.5, 0.6) is 11.5 Å². The van der Waals surface area contributed by atoms with Gasteiger partial charge in [0.05, 0.1) is 19.2 Å². The quantitative estimate of drug-likeness (QED) is 0.461. The number of carbonyl (C=O) groups excluding carboxylic acids is 1. The van der Waals surface area contributed by atoms with Crippen LogP contribution >= 0.6 is 23.1 Å². The number of hydrogen-bond donors (Lipinski definition) is 1. The largest absolute Gasteiger partial charge is 0.493 e. The van der Waals surface area contributed by atoms with Crippen LogP contribution in [0.4, 0.5) is 5.69 Å². The van der Waals surface area contributed by atoms with Crippen molar-refractivity contribution in [1.82, 2.24) is 4.57 Å². The standard InChI is InChI=1S/C28H30N2O4S2/c1-15-5-4-6-19(11-15)29-22(31)14-30-27-26(36-28(30)32)24(17-9-10-20(33-2)21(13-17)34-3)23-16-7-8-18(12-16)25(23)35-27/h4-6,9-11,13,16,18,23-25H,7-8,12,14H2,1-3H3,(H,29,31)/t16-,18-,23-,24-,25+/m0/s1. The fourth-order valence-corrected chi connectivity index (χ4v) is 9.72. The predicted octanol–water partition coefficient (Wildman–Crippen LogP) is 5.53. The van der Waals surface area contributed by atoms with Crippen LogP contribution in [-0.2, 0) is 11.3 Å². The van der Waals surface area contributed by atoms with E-state index in [0.29, 0.717) is 34.5 Å². The highest BCUT2D eigenvalue weighted by Crippen LogP contribution is 2.64. The van der Waals surface area contributed by atoms with E-state index in [2.05, 4.69) is 17.4 Å². The molecule has 6 rings (SSSR count). The average molecular weight is 523 g/mol. The normalized spacial score (nSPS) is 25.8. The molecule has 3 aliphatic rings. The molecule has 6 nitrogen and oxygen atoms in total. The number of thiazole rings is 1. The molecule has 1 aliphatic heterocycles. The molecule has 2 saturated carbocycles. The van der Waals surface area contributed by atoms with Crippen molar-refractivity contribution in [2.75, 3.05) is 19.5 Å². The van der Waals surface area contributed by atoms with Gasteiger partial charge in [0, 0.05) is 21.7 Å². The van der Waals surface area contributed by atoms with Gasteiger partial charge in [-0.15, -0.1) is 11.8 Å². The van der Waals surface area contributed by atoms with Crippen LogP contribution in [0.15, 0.2) is 52.3 Å². The summed E-state index contributed by atoms with van der Waals surface area (Å²) in [4.78, 5) is 27.3. The Morgan fingerprint density at radius 1 is 1.08 bits per heavy atom. The van der Waals surface area contributed by atoms with E-state index in [1.54, 1.807) is 18.8 Å². The lowest BCUT2D eigenvalue weighted by atomic mass is 9.75. The summed E-state index contributed by atoms with van der Waals surface area (Å²) >= 11 is 3.15. The first-order valence-electron chi connectivity index (χ1n) is 12.5. The minimum absolute atomic E-state index is 0.0236. The molecule has 2 fully saturated rings. The molecule has 0 unspecified atom stereocenters. The van der Waals surface area contributed by atoms with Crippen molar-refractivity contribution in [3.8, 4) is 11.5 Å². The number of thioether (sulfide) groups is 1. The van der Waals surface area contributed by atoms with Gasteiger partial charge in [-0.3, -0.25) is 14.2 Å². The molecule has 8 heteroatoms. The molecule has 2 heterocycles. The first kappa shape index (κ1) is 23.7. The Balaban J connectivity index is 1.38. The van der Waals surface area contributed by atoms with E-state index in [4.69, 9.17) is 9.47 Å². The number of carbonyl (C=O) groups is 1. The zero-order chi connectivity index (χ0) is 25.0. The summed E-state index contributed by atoms with van der Waals surface area (Å²) in [6.07, 6.45) is 3.79. The monoisotopic (exact) mass is 522 g/mol. The topological polar surface area (TPSA) is 69.6 Å². The summed E-state index contributed by atoms with van der Waals surface area (Å²) in [5, 5.41) is 4.40. The smallest absolute Gasteiger partial charge is 0.308 e. The lowest BCUT2D eigenvalue weighted by Gasteiger charge is -2.40. The van der Waals surface area contributed by atoms with Crippen LogP contribution in [0.3, 0.4) is 0 Å². The predicted molar refractivity (Wildman–Crippen MR) is 144 cm³/mol. The van der Waals surface area contributed by atoms with E-state index < -0.39 is 0 Å². The van der Waals surface area contributed by atoms with E-state index in [0.717, 1.165) is 26.7 Å². The SMILES string of the molecule is COc1ccc([C@@H]2c3sc(=O)n(CC(=O)Nc4cccc(C)c4)c3S[C@@H]3[C@H]4CC[C@@H](C4)[C@@H]23)cc1OC. The van der Waals surface area contributed by atoms with Gasteiger partial charge in [0.25, 0.3) is 0 Å². The van der Waals surface area contributed by atoms with Crippen molar-refractivity contribution in [2.24, 2.45) is 17.8 Å². The molecule has 0 spiro atoms. The van der Waals surface area contributed by atoms with Crippen LogP contribution < -0.4 is 19.7 Å². The van der Waals surface area contributed by atoms with Gasteiger partial charge < -0.3 is 14.8 Å². The molecule has 2 aliphatic carbocycles. The summed E-state index contributed by atoms with van der Waals surface area (Å²) in [5.74, 6) is 3.20. The van der Waals surface area contributed by atoms with Crippen molar-refractivity contribution in [2.45, 2.75) is 48.9 Å². The fourth-order valence-electron chi connectivity index (χ4n) is 6.57. The number of fused-ring (bicyclic) bond motifs is 6. The molecule has 5 atom stereocenters. The second-order valence-electron chi connectivity index (χ2n) is 10.1. The van der Waals surface area contributed by atoms with E-state index in [-0.39, 0.29) is 23.2 Å². The third-order valence-corrected chi connectivity index (χ3v) is 10.9. The second kappa shape index (κ2) is 9.30. The molecule has 1 N–H and O–H groups in total. The number of aromatic nitrogens is 1. The molecular formula is C28H30N2O4S2. The molecule has 2 bridgehead atoms. The third kappa shape index (κ3) is 3.95. The van der Waals surface area contributed by atoms with Crippen LogP contribution in [0, 0.1) is 24.7 Å². The highest BCUT2D eigenvalue weighted by Gasteiger charge is 2.55. The summed E-state index contributed by atoms with van der Waals surface area (Å²) in [6.45, 7) is 2.02. The van der Waals surface area contributed by atoms with Crippen LogP contribution in [0.2, 0.25) is 0 Å². The second-order valence-corrected chi connectivity index (χ2v) is 12.3. The van der Waals surface area contributed by atoms with E-state index in [1.807, 2.05) is 49.0 Å². The van der Waals surface area contributed by atoms with Gasteiger partial charge in [-0.2, -0.15) is 0 Å². The number of nitrogens with one attached hydrogen (secondary N) is 1. The lowest BCUT2D eigenvalue weighted by molar-refractivity contribution is -0.116. The zero-order valence-electron chi connectivity index (χ0n) is 20.7. The third-order valence-electron chi connectivity index (χ3n) is 8.06. The lowest BCUT2D eigenvalue weighted by Crippen LogP contribution is -2.34. The van der Waals surface area contributed by atoms with Crippen molar-refractivity contribution >= 4 is 34.7 Å². The summed E-state index contributed by atoms with van der Waals surface area (Å²) < 4.78 is 12.8. The Morgan fingerprint density at radius 3 is 2.67 bits per heavy atom. The van der Waals surface area contributed by atoms with Gasteiger partial charge in [-0.25, -0.2) is 0 Å². The molecule has 1 amide bonds. The molecule has 1 aromatic heterocycles. The Labute approximate surface area is 219 Å². The Hall–Kier alpha value is -2.71.